The Morgan fingerprint density at radius 2 is 0.791 bits per heavy atom. The molecule has 0 unspecified atom stereocenters. The van der Waals surface area contributed by atoms with Gasteiger partial charge in [-0.3, -0.25) is 0 Å². The Morgan fingerprint density at radius 3 is 1.19 bits per heavy atom. The van der Waals surface area contributed by atoms with Gasteiger partial charge in [-0.25, -0.2) is 0 Å². The molecule has 0 N–H and O–H groups in total. The van der Waals surface area contributed by atoms with E-state index in [0.717, 1.165) is 11.5 Å². The zero-order chi connectivity index (χ0) is 29.6. The first-order chi connectivity index (χ1) is 21.0. The van der Waals surface area contributed by atoms with Crippen LogP contribution >= 0.6 is 0 Å². The third kappa shape index (κ3) is 4.67. The van der Waals surface area contributed by atoms with Crippen molar-refractivity contribution in [3.63, 3.8) is 0 Å². The SMILES string of the molecule is COc1ccc2ccc(C3=C(c4ccccc4)C(c4ccccc4)=C(c4ccc5ccc(OC)cc5c4)[Si]3(C)C)cc2c1. The van der Waals surface area contributed by atoms with Gasteiger partial charge in [-0.2, -0.15) is 0 Å². The molecule has 0 amide bonds. The molecular formula is C40H34O2Si. The lowest BCUT2D eigenvalue weighted by molar-refractivity contribution is 0.415. The number of fused-ring (bicyclic) bond motifs is 2. The quantitative estimate of drug-likeness (QED) is 0.184. The fraction of sp³-hybridized carbons (Fsp3) is 0.100. The molecule has 7 rings (SSSR count). The Kier molecular flexibility index (Phi) is 6.76. The Labute approximate surface area is 254 Å². The number of rotatable bonds is 6. The normalized spacial score (nSPS) is 14.5. The molecular weight excluding hydrogens is 541 g/mol. The van der Waals surface area contributed by atoms with Crippen LogP contribution in [0.2, 0.25) is 13.1 Å². The molecule has 6 aromatic carbocycles. The van der Waals surface area contributed by atoms with Gasteiger partial charge in [-0.15, -0.1) is 0 Å². The summed E-state index contributed by atoms with van der Waals surface area (Å²) in [5, 5.41) is 7.72. The molecule has 3 heteroatoms. The molecule has 0 spiro atoms. The van der Waals surface area contributed by atoms with Crippen LogP contribution in [0.15, 0.2) is 133 Å². The van der Waals surface area contributed by atoms with Crippen LogP contribution in [0.3, 0.4) is 0 Å². The molecule has 1 heterocycles. The first-order valence-electron chi connectivity index (χ1n) is 14.7. The molecule has 1 aliphatic heterocycles. The second-order valence-electron chi connectivity index (χ2n) is 11.7. The zero-order valence-electron chi connectivity index (χ0n) is 25.0. The monoisotopic (exact) mass is 574 g/mol. The summed E-state index contributed by atoms with van der Waals surface area (Å²) in [6, 6.07) is 48.4. The number of hydrogen-bond donors (Lipinski definition) is 0. The molecule has 0 radical (unpaired) electrons. The molecule has 2 nitrogen and oxygen atoms in total. The van der Waals surface area contributed by atoms with Gasteiger partial charge >= 0.3 is 0 Å². The largest absolute Gasteiger partial charge is 0.497 e. The molecule has 210 valence electrons. The van der Waals surface area contributed by atoms with Crippen molar-refractivity contribution in [2.45, 2.75) is 13.1 Å². The van der Waals surface area contributed by atoms with Crippen LogP contribution in [-0.2, 0) is 0 Å². The van der Waals surface area contributed by atoms with Gasteiger partial charge < -0.3 is 9.47 Å². The minimum Gasteiger partial charge on any atom is -0.497 e. The van der Waals surface area contributed by atoms with E-state index in [1.165, 1.54) is 65.3 Å². The van der Waals surface area contributed by atoms with Crippen molar-refractivity contribution < 1.29 is 9.47 Å². The van der Waals surface area contributed by atoms with Gasteiger partial charge in [0.05, 0.1) is 14.2 Å². The summed E-state index contributed by atoms with van der Waals surface area (Å²) in [5.74, 6) is 1.75. The van der Waals surface area contributed by atoms with Gasteiger partial charge in [-0.05, 0) is 102 Å². The van der Waals surface area contributed by atoms with E-state index in [2.05, 4.69) is 134 Å². The predicted molar refractivity (Wildman–Crippen MR) is 185 cm³/mol. The van der Waals surface area contributed by atoms with Gasteiger partial charge in [0, 0.05) is 0 Å². The minimum atomic E-state index is -2.29. The summed E-state index contributed by atoms with van der Waals surface area (Å²) in [7, 11) is 1.17. The van der Waals surface area contributed by atoms with Crippen LogP contribution in [0.1, 0.15) is 22.3 Å². The number of methoxy groups -OCH3 is 2. The van der Waals surface area contributed by atoms with E-state index in [-0.39, 0.29) is 0 Å². The average Bonchev–Trinajstić information content (AvgIpc) is 3.31. The maximum Gasteiger partial charge on any atom is 0.119 e. The highest BCUT2D eigenvalue weighted by atomic mass is 28.3. The lowest BCUT2D eigenvalue weighted by Gasteiger charge is -2.27. The van der Waals surface area contributed by atoms with Crippen LogP contribution in [0, 0.1) is 0 Å². The average molecular weight is 575 g/mol. The van der Waals surface area contributed by atoms with Crippen molar-refractivity contribution in [3.05, 3.63) is 156 Å². The molecule has 0 saturated carbocycles. The van der Waals surface area contributed by atoms with Crippen LogP contribution in [0.25, 0.3) is 43.1 Å². The fourth-order valence-electron chi connectivity index (χ4n) is 6.81. The maximum atomic E-state index is 5.60. The molecule has 0 atom stereocenters. The molecule has 0 saturated heterocycles. The van der Waals surface area contributed by atoms with Gasteiger partial charge in [0.25, 0.3) is 0 Å². The second kappa shape index (κ2) is 10.8. The molecule has 1 aliphatic rings. The number of allylic oxidation sites excluding steroid dienone is 2. The molecule has 0 fully saturated rings. The summed E-state index contributed by atoms with van der Waals surface area (Å²) in [4.78, 5) is 0. The van der Waals surface area contributed by atoms with Crippen LogP contribution in [0.4, 0.5) is 0 Å². The van der Waals surface area contributed by atoms with E-state index in [1.807, 2.05) is 12.1 Å². The van der Waals surface area contributed by atoms with Crippen molar-refractivity contribution in [1.82, 2.24) is 0 Å². The first kappa shape index (κ1) is 27.0. The van der Waals surface area contributed by atoms with Crippen molar-refractivity contribution in [2.75, 3.05) is 14.2 Å². The number of benzene rings is 6. The Hall–Kier alpha value is -4.86. The standard InChI is InChI=1S/C40H34O2Si/c1-41-35-21-19-27-15-17-31(23-33(27)25-35)39-37(29-11-7-5-8-12-29)38(30-13-9-6-10-14-30)40(43(39,3)4)32-18-16-28-20-22-36(42-2)26-34(28)24-32/h5-26H,1-4H3. The number of ether oxygens (including phenoxy) is 2. The van der Waals surface area contributed by atoms with Crippen molar-refractivity contribution >= 4 is 51.2 Å². The summed E-state index contributed by atoms with van der Waals surface area (Å²) in [6.07, 6.45) is 0. The third-order valence-electron chi connectivity index (χ3n) is 8.80. The van der Waals surface area contributed by atoms with E-state index in [9.17, 15) is 0 Å². The van der Waals surface area contributed by atoms with Crippen LogP contribution in [0.5, 0.6) is 11.5 Å². The van der Waals surface area contributed by atoms with E-state index in [1.54, 1.807) is 14.2 Å². The topological polar surface area (TPSA) is 18.5 Å². The fourth-order valence-corrected chi connectivity index (χ4v) is 10.6. The van der Waals surface area contributed by atoms with Crippen molar-refractivity contribution in [1.29, 1.82) is 0 Å². The summed E-state index contributed by atoms with van der Waals surface area (Å²) >= 11 is 0. The number of hydrogen-bond acceptors (Lipinski definition) is 2. The predicted octanol–water partition coefficient (Wildman–Crippen LogP) is 10.3. The molecule has 0 aliphatic carbocycles. The Bertz CT molecular complexity index is 1910. The smallest absolute Gasteiger partial charge is 0.119 e. The second-order valence-corrected chi connectivity index (χ2v) is 16.0. The van der Waals surface area contributed by atoms with E-state index in [0.29, 0.717) is 0 Å². The minimum absolute atomic E-state index is 0.875. The van der Waals surface area contributed by atoms with Crippen LogP contribution < -0.4 is 9.47 Å². The van der Waals surface area contributed by atoms with E-state index >= 15 is 0 Å². The lowest BCUT2D eigenvalue weighted by Crippen LogP contribution is -2.28. The lowest BCUT2D eigenvalue weighted by atomic mass is 9.89. The highest BCUT2D eigenvalue weighted by molar-refractivity contribution is 7.13. The van der Waals surface area contributed by atoms with E-state index in [4.69, 9.17) is 9.47 Å². The van der Waals surface area contributed by atoms with Gasteiger partial charge in [0.1, 0.15) is 19.6 Å². The summed E-state index contributed by atoms with van der Waals surface area (Å²) in [5.41, 5.74) is 7.74. The molecule has 0 bridgehead atoms. The zero-order valence-corrected chi connectivity index (χ0v) is 26.0. The van der Waals surface area contributed by atoms with Gasteiger partial charge in [0.15, 0.2) is 0 Å². The highest BCUT2D eigenvalue weighted by Gasteiger charge is 2.43. The van der Waals surface area contributed by atoms with E-state index < -0.39 is 8.07 Å². The van der Waals surface area contributed by atoms with Crippen molar-refractivity contribution in [3.8, 4) is 11.5 Å². The summed E-state index contributed by atoms with van der Waals surface area (Å²) in [6.45, 7) is 5.03. The van der Waals surface area contributed by atoms with Gasteiger partial charge in [-0.1, -0.05) is 110 Å². The molecule has 0 aromatic heterocycles. The van der Waals surface area contributed by atoms with Crippen LogP contribution in [-0.4, -0.2) is 22.3 Å². The molecule has 43 heavy (non-hydrogen) atoms. The summed E-state index contributed by atoms with van der Waals surface area (Å²) < 4.78 is 11.2. The van der Waals surface area contributed by atoms with Gasteiger partial charge in [0.2, 0.25) is 0 Å². The third-order valence-corrected chi connectivity index (χ3v) is 12.4. The maximum absolute atomic E-state index is 5.60. The first-order valence-corrected chi connectivity index (χ1v) is 17.7. The molecule has 6 aromatic rings. The van der Waals surface area contributed by atoms with Crippen molar-refractivity contribution in [2.24, 2.45) is 0 Å². The Morgan fingerprint density at radius 1 is 0.395 bits per heavy atom. The highest BCUT2D eigenvalue weighted by Crippen LogP contribution is 2.56. The Balaban J connectivity index is 1.56.